The topological polar surface area (TPSA) is 54.4 Å². The maximum Gasteiger partial charge on any atom is 0.135 e. The van der Waals surface area contributed by atoms with Crippen LogP contribution >= 0.6 is 0 Å². The lowest BCUT2D eigenvalue weighted by molar-refractivity contribution is 0.122. The summed E-state index contributed by atoms with van der Waals surface area (Å²) < 4.78 is 5.46. The Morgan fingerprint density at radius 3 is 2.57 bits per heavy atom. The van der Waals surface area contributed by atoms with E-state index in [1.54, 1.807) is 6.33 Å². The Hall–Kier alpha value is -2.21. The number of ether oxygens (including phenoxy) is 1. The van der Waals surface area contributed by atoms with Crippen molar-refractivity contribution in [1.82, 2.24) is 15.0 Å². The van der Waals surface area contributed by atoms with Gasteiger partial charge < -0.3 is 14.5 Å². The third-order valence-electron chi connectivity index (χ3n) is 4.55. The molecule has 1 fully saturated rings. The van der Waals surface area contributed by atoms with Crippen molar-refractivity contribution in [2.75, 3.05) is 49.2 Å². The molecule has 0 N–H and O–H groups in total. The molecule has 0 amide bonds. The zero-order chi connectivity index (χ0) is 15.5. The Balaban J connectivity index is 1.58. The van der Waals surface area contributed by atoms with Gasteiger partial charge in [0.25, 0.3) is 0 Å². The Labute approximate surface area is 136 Å². The van der Waals surface area contributed by atoms with Crippen molar-refractivity contribution >= 4 is 11.6 Å². The molecule has 0 bridgehead atoms. The lowest BCUT2D eigenvalue weighted by atomic mass is 10.1. The molecule has 2 aliphatic heterocycles. The van der Waals surface area contributed by atoms with Gasteiger partial charge in [-0.15, -0.1) is 0 Å². The standard InChI is InChI=1S/C17H21N5O/c1-2-6-18-16(3-1)21-7-4-14-15(5-8-21)19-13-20-17(14)22-9-11-23-12-10-22/h1-3,6,13H,4-5,7-12H2. The molecule has 6 nitrogen and oxygen atoms in total. The van der Waals surface area contributed by atoms with Crippen LogP contribution in [0.4, 0.5) is 11.6 Å². The van der Waals surface area contributed by atoms with Crippen LogP contribution in [0.3, 0.4) is 0 Å². The molecule has 0 unspecified atom stereocenters. The van der Waals surface area contributed by atoms with E-state index in [1.165, 1.54) is 11.3 Å². The van der Waals surface area contributed by atoms with Crippen LogP contribution in [-0.4, -0.2) is 54.3 Å². The molecular formula is C17H21N5O. The molecule has 0 spiro atoms. The highest BCUT2D eigenvalue weighted by molar-refractivity contribution is 5.51. The van der Waals surface area contributed by atoms with E-state index in [9.17, 15) is 0 Å². The van der Waals surface area contributed by atoms with Crippen LogP contribution in [0.5, 0.6) is 0 Å². The van der Waals surface area contributed by atoms with Gasteiger partial charge >= 0.3 is 0 Å². The third-order valence-corrected chi connectivity index (χ3v) is 4.55. The fourth-order valence-electron chi connectivity index (χ4n) is 3.33. The van der Waals surface area contributed by atoms with Gasteiger partial charge in [-0.2, -0.15) is 0 Å². The van der Waals surface area contributed by atoms with E-state index in [0.717, 1.165) is 63.9 Å². The summed E-state index contributed by atoms with van der Waals surface area (Å²) in [5.74, 6) is 2.14. The van der Waals surface area contributed by atoms with Gasteiger partial charge in [0.2, 0.25) is 0 Å². The van der Waals surface area contributed by atoms with E-state index in [4.69, 9.17) is 4.74 Å². The zero-order valence-corrected chi connectivity index (χ0v) is 13.2. The zero-order valence-electron chi connectivity index (χ0n) is 13.2. The van der Waals surface area contributed by atoms with Gasteiger partial charge in [0.1, 0.15) is 18.0 Å². The smallest absolute Gasteiger partial charge is 0.135 e. The second kappa shape index (κ2) is 6.50. The number of aromatic nitrogens is 3. The first-order valence-corrected chi connectivity index (χ1v) is 8.23. The second-order valence-corrected chi connectivity index (χ2v) is 5.90. The van der Waals surface area contributed by atoms with Gasteiger partial charge in [-0.05, 0) is 18.6 Å². The lowest BCUT2D eigenvalue weighted by Gasteiger charge is -2.29. The predicted molar refractivity (Wildman–Crippen MR) is 88.9 cm³/mol. The molecule has 0 aliphatic carbocycles. The number of anilines is 2. The molecule has 1 saturated heterocycles. The number of rotatable bonds is 2. The Morgan fingerprint density at radius 2 is 1.74 bits per heavy atom. The van der Waals surface area contributed by atoms with Crippen LogP contribution < -0.4 is 9.80 Å². The Bertz CT molecular complexity index is 657. The first-order valence-electron chi connectivity index (χ1n) is 8.23. The van der Waals surface area contributed by atoms with Crippen molar-refractivity contribution in [3.63, 3.8) is 0 Å². The molecule has 120 valence electrons. The first-order chi connectivity index (χ1) is 11.4. The number of nitrogens with zero attached hydrogens (tertiary/aromatic N) is 5. The lowest BCUT2D eigenvalue weighted by Crippen LogP contribution is -2.37. The number of fused-ring (bicyclic) bond motifs is 1. The van der Waals surface area contributed by atoms with Crippen LogP contribution in [0, 0.1) is 0 Å². The number of hydrogen-bond donors (Lipinski definition) is 0. The summed E-state index contributed by atoms with van der Waals surface area (Å²) in [4.78, 5) is 18.3. The highest BCUT2D eigenvalue weighted by Crippen LogP contribution is 2.25. The first kappa shape index (κ1) is 14.4. The van der Waals surface area contributed by atoms with Crippen LogP contribution in [0.2, 0.25) is 0 Å². The van der Waals surface area contributed by atoms with Crippen LogP contribution in [0.1, 0.15) is 11.3 Å². The van der Waals surface area contributed by atoms with Gasteiger partial charge in [0.05, 0.1) is 18.9 Å². The number of pyridine rings is 1. The minimum atomic E-state index is 0.777. The maximum atomic E-state index is 5.46. The quantitative estimate of drug-likeness (QED) is 0.833. The van der Waals surface area contributed by atoms with Crippen molar-refractivity contribution in [2.24, 2.45) is 0 Å². The molecule has 4 heterocycles. The molecule has 0 saturated carbocycles. The molecule has 23 heavy (non-hydrogen) atoms. The van der Waals surface area contributed by atoms with Gasteiger partial charge in [0.15, 0.2) is 0 Å². The maximum absolute atomic E-state index is 5.46. The van der Waals surface area contributed by atoms with E-state index >= 15 is 0 Å². The number of morpholine rings is 1. The van der Waals surface area contributed by atoms with Crippen LogP contribution in [0.25, 0.3) is 0 Å². The van der Waals surface area contributed by atoms with Crippen molar-refractivity contribution in [3.8, 4) is 0 Å². The fourth-order valence-corrected chi connectivity index (χ4v) is 3.33. The predicted octanol–water partition coefficient (Wildman–Crippen LogP) is 1.31. The summed E-state index contributed by atoms with van der Waals surface area (Å²) in [6, 6.07) is 6.07. The monoisotopic (exact) mass is 311 g/mol. The fraction of sp³-hybridized carbons (Fsp3) is 0.471. The van der Waals surface area contributed by atoms with E-state index in [2.05, 4.69) is 30.8 Å². The Morgan fingerprint density at radius 1 is 0.870 bits per heavy atom. The Kier molecular flexibility index (Phi) is 4.06. The van der Waals surface area contributed by atoms with E-state index in [1.807, 2.05) is 18.3 Å². The van der Waals surface area contributed by atoms with Gasteiger partial charge in [0, 0.05) is 44.4 Å². The molecular weight excluding hydrogens is 290 g/mol. The van der Waals surface area contributed by atoms with Gasteiger partial charge in [-0.25, -0.2) is 15.0 Å². The van der Waals surface area contributed by atoms with Crippen molar-refractivity contribution in [1.29, 1.82) is 0 Å². The summed E-state index contributed by atoms with van der Waals surface area (Å²) in [5, 5.41) is 0. The largest absolute Gasteiger partial charge is 0.378 e. The molecule has 2 aromatic heterocycles. The van der Waals surface area contributed by atoms with Crippen molar-refractivity contribution < 1.29 is 4.74 Å². The average Bonchev–Trinajstić information content (AvgIpc) is 2.86. The van der Waals surface area contributed by atoms with Gasteiger partial charge in [-0.1, -0.05) is 6.07 Å². The molecule has 6 heteroatoms. The van der Waals surface area contributed by atoms with E-state index < -0.39 is 0 Å². The molecule has 2 aromatic rings. The van der Waals surface area contributed by atoms with Crippen LogP contribution in [0.15, 0.2) is 30.7 Å². The van der Waals surface area contributed by atoms with Crippen molar-refractivity contribution in [3.05, 3.63) is 42.0 Å². The summed E-state index contributed by atoms with van der Waals surface area (Å²) in [7, 11) is 0. The van der Waals surface area contributed by atoms with Crippen LogP contribution in [-0.2, 0) is 17.6 Å². The van der Waals surface area contributed by atoms with E-state index in [0.29, 0.717) is 0 Å². The third kappa shape index (κ3) is 2.99. The minimum Gasteiger partial charge on any atom is -0.378 e. The molecule has 2 aliphatic rings. The summed E-state index contributed by atoms with van der Waals surface area (Å²) in [6.07, 6.45) is 5.46. The molecule has 0 aromatic carbocycles. The normalized spacial score (nSPS) is 18.4. The highest BCUT2D eigenvalue weighted by Gasteiger charge is 2.23. The summed E-state index contributed by atoms with van der Waals surface area (Å²) in [5.41, 5.74) is 2.48. The second-order valence-electron chi connectivity index (χ2n) is 5.90. The van der Waals surface area contributed by atoms with Gasteiger partial charge in [-0.3, -0.25) is 0 Å². The summed E-state index contributed by atoms with van der Waals surface area (Å²) >= 11 is 0. The summed E-state index contributed by atoms with van der Waals surface area (Å²) in [6.45, 7) is 5.27. The van der Waals surface area contributed by atoms with E-state index in [-0.39, 0.29) is 0 Å². The highest BCUT2D eigenvalue weighted by atomic mass is 16.5. The average molecular weight is 311 g/mol. The van der Waals surface area contributed by atoms with Crippen molar-refractivity contribution in [2.45, 2.75) is 12.8 Å². The molecule has 4 rings (SSSR count). The minimum absolute atomic E-state index is 0.777. The molecule has 0 radical (unpaired) electrons. The molecule has 0 atom stereocenters. The SMILES string of the molecule is c1ccc(N2CCc3ncnc(N4CCOCC4)c3CC2)nc1. The number of hydrogen-bond acceptors (Lipinski definition) is 6.